The number of hydrogen-bond acceptors (Lipinski definition) is 2. The van der Waals surface area contributed by atoms with E-state index in [9.17, 15) is 4.79 Å². The second kappa shape index (κ2) is 10.6. The van der Waals surface area contributed by atoms with Crippen molar-refractivity contribution in [3.05, 3.63) is 47.1 Å². The Morgan fingerprint density at radius 3 is 2.56 bits per heavy atom. The number of fused-ring (bicyclic) bond motifs is 1. The molecule has 0 bridgehead atoms. The number of esters is 1. The molecule has 0 N–H and O–H groups in total. The van der Waals surface area contributed by atoms with E-state index in [0.29, 0.717) is 29.1 Å². The van der Waals surface area contributed by atoms with Crippen LogP contribution in [0.15, 0.2) is 47.1 Å². The number of carbonyl (C=O) groups excluding carboxylic acids is 1. The molecule has 6 atom stereocenters. The number of carbonyl (C=O) groups is 1. The van der Waals surface area contributed by atoms with Crippen molar-refractivity contribution in [2.75, 3.05) is 0 Å². The van der Waals surface area contributed by atoms with Crippen LogP contribution < -0.4 is 0 Å². The summed E-state index contributed by atoms with van der Waals surface area (Å²) in [6.07, 6.45) is 20.2. The van der Waals surface area contributed by atoms with Crippen LogP contribution in [0, 0.1) is 35.0 Å². The van der Waals surface area contributed by atoms with Crippen molar-refractivity contribution in [3.8, 4) is 0 Å². The molecular weight excluding hydrogens is 392 g/mol. The topological polar surface area (TPSA) is 26.3 Å². The summed E-state index contributed by atoms with van der Waals surface area (Å²) in [5.41, 5.74) is 4.76. The Hall–Kier alpha value is -1.57. The molecule has 32 heavy (non-hydrogen) atoms. The Kier molecular flexibility index (Phi) is 8.28. The third kappa shape index (κ3) is 5.67. The summed E-state index contributed by atoms with van der Waals surface area (Å²) in [6.45, 7) is 15.7. The van der Waals surface area contributed by atoms with Crippen LogP contribution in [0.4, 0.5) is 0 Å². The minimum atomic E-state index is -0.161. The molecule has 3 rings (SSSR count). The first kappa shape index (κ1) is 25.1. The van der Waals surface area contributed by atoms with Crippen molar-refractivity contribution in [3.63, 3.8) is 0 Å². The van der Waals surface area contributed by atoms with Gasteiger partial charge >= 0.3 is 5.97 Å². The van der Waals surface area contributed by atoms with Gasteiger partial charge in [-0.2, -0.15) is 0 Å². The van der Waals surface area contributed by atoms with Gasteiger partial charge in [0.05, 0.1) is 0 Å². The van der Waals surface area contributed by atoms with Crippen molar-refractivity contribution in [1.82, 2.24) is 0 Å². The smallest absolute Gasteiger partial charge is 0.302 e. The first-order chi connectivity index (χ1) is 15.1. The summed E-state index contributed by atoms with van der Waals surface area (Å²) in [4.78, 5) is 11.4. The van der Waals surface area contributed by atoms with Crippen LogP contribution in [0.25, 0.3) is 0 Å². The van der Waals surface area contributed by atoms with Gasteiger partial charge in [-0.3, -0.25) is 4.79 Å². The molecule has 0 aliphatic heterocycles. The number of allylic oxidation sites excluding steroid dienone is 7. The molecule has 0 heterocycles. The number of hydrogen-bond donors (Lipinski definition) is 0. The minimum absolute atomic E-state index is 0.0400. The maximum absolute atomic E-state index is 11.4. The Morgan fingerprint density at radius 1 is 1.12 bits per heavy atom. The van der Waals surface area contributed by atoms with Crippen molar-refractivity contribution in [2.45, 2.75) is 99.5 Å². The molecule has 0 aromatic carbocycles. The maximum Gasteiger partial charge on any atom is 0.302 e. The monoisotopic (exact) mass is 438 g/mol. The molecule has 0 unspecified atom stereocenters. The van der Waals surface area contributed by atoms with E-state index in [4.69, 9.17) is 4.74 Å². The van der Waals surface area contributed by atoms with Gasteiger partial charge < -0.3 is 4.74 Å². The lowest BCUT2D eigenvalue weighted by molar-refractivity contribution is -0.146. The van der Waals surface area contributed by atoms with Crippen LogP contribution in [0.5, 0.6) is 0 Å². The van der Waals surface area contributed by atoms with E-state index >= 15 is 0 Å². The van der Waals surface area contributed by atoms with Crippen molar-refractivity contribution < 1.29 is 9.53 Å². The molecular formula is C30H46O2. The second-order valence-corrected chi connectivity index (χ2v) is 11.4. The van der Waals surface area contributed by atoms with E-state index in [1.165, 1.54) is 43.8 Å². The first-order valence-corrected chi connectivity index (χ1v) is 13.0. The van der Waals surface area contributed by atoms with Gasteiger partial charge in [-0.25, -0.2) is 0 Å². The van der Waals surface area contributed by atoms with Gasteiger partial charge in [0.2, 0.25) is 0 Å². The molecule has 2 heteroatoms. The lowest BCUT2D eigenvalue weighted by atomic mass is 9.62. The molecule has 3 aliphatic rings. The predicted molar refractivity (Wildman–Crippen MR) is 135 cm³/mol. The lowest BCUT2D eigenvalue weighted by Gasteiger charge is -2.42. The Balaban J connectivity index is 1.71. The van der Waals surface area contributed by atoms with Gasteiger partial charge in [0.25, 0.3) is 0 Å². The molecule has 3 aliphatic carbocycles. The highest BCUT2D eigenvalue weighted by atomic mass is 16.5. The molecule has 1 fully saturated rings. The predicted octanol–water partition coefficient (Wildman–Crippen LogP) is 8.21. The zero-order chi connectivity index (χ0) is 23.5. The van der Waals surface area contributed by atoms with Gasteiger partial charge in [0, 0.05) is 13.3 Å². The Bertz CT molecular complexity index is 796. The zero-order valence-electron chi connectivity index (χ0n) is 21.6. The Morgan fingerprint density at radius 2 is 1.88 bits per heavy atom. The minimum Gasteiger partial charge on any atom is -0.462 e. The fourth-order valence-corrected chi connectivity index (χ4v) is 6.42. The third-order valence-corrected chi connectivity index (χ3v) is 8.93. The Labute approximate surface area is 197 Å². The zero-order valence-corrected chi connectivity index (χ0v) is 21.6. The number of ether oxygens (including phenoxy) is 1. The summed E-state index contributed by atoms with van der Waals surface area (Å²) in [5.74, 6) is 3.27. The summed E-state index contributed by atoms with van der Waals surface area (Å²) in [5, 5.41) is 0. The molecule has 0 saturated heterocycles. The molecule has 1 saturated carbocycles. The van der Waals surface area contributed by atoms with Gasteiger partial charge in [-0.05, 0) is 91.6 Å². The standard InChI is InChI=1S/C30H46O2/c1-20(2)21(3)10-11-23(5)28-16-17-29-25(9-8-18-30(28,29)7)13-14-26-19-27(32-24(6)31)15-12-22(26)4/h9-11,13-14,20-21,23,27-29H,8,12,15-19H2,1-7H3/b11-10+,14-13+/t21-,23+,27-,28+,29-,30+/m0/s1. The van der Waals surface area contributed by atoms with Crippen LogP contribution in [0.1, 0.15) is 93.4 Å². The summed E-state index contributed by atoms with van der Waals surface area (Å²) in [7, 11) is 0. The largest absolute Gasteiger partial charge is 0.462 e. The molecule has 0 amide bonds. The molecule has 2 nitrogen and oxygen atoms in total. The van der Waals surface area contributed by atoms with Gasteiger partial charge in [-0.1, -0.05) is 70.6 Å². The maximum atomic E-state index is 11.4. The fraction of sp³-hybridized carbons (Fsp3) is 0.700. The van der Waals surface area contributed by atoms with Gasteiger partial charge in [0.1, 0.15) is 6.10 Å². The summed E-state index contributed by atoms with van der Waals surface area (Å²) >= 11 is 0. The second-order valence-electron chi connectivity index (χ2n) is 11.4. The van der Waals surface area contributed by atoms with Crippen LogP contribution in [-0.2, 0) is 9.53 Å². The molecule has 0 radical (unpaired) electrons. The SMILES string of the molecule is CC(=O)O[C@H]1CCC(C)=C(/C=C/C2=CCC[C@]3(C)[C@@H]([C@H](C)/C=C/[C@H](C)C(C)C)CC[C@@H]23)C1. The molecule has 0 aromatic rings. The highest BCUT2D eigenvalue weighted by molar-refractivity contribution is 5.66. The molecule has 178 valence electrons. The van der Waals surface area contributed by atoms with Gasteiger partial charge in [0.15, 0.2) is 0 Å². The number of rotatable bonds is 7. The average molecular weight is 439 g/mol. The van der Waals surface area contributed by atoms with Crippen LogP contribution >= 0.6 is 0 Å². The molecule has 0 aromatic heterocycles. The van der Waals surface area contributed by atoms with E-state index in [-0.39, 0.29) is 12.1 Å². The first-order valence-electron chi connectivity index (χ1n) is 13.0. The normalized spacial score (nSPS) is 33.0. The fourth-order valence-electron chi connectivity index (χ4n) is 6.42. The van der Waals surface area contributed by atoms with Crippen LogP contribution in [0.2, 0.25) is 0 Å². The lowest BCUT2D eigenvalue weighted by Crippen LogP contribution is -2.34. The highest BCUT2D eigenvalue weighted by Crippen LogP contribution is 2.58. The summed E-state index contributed by atoms with van der Waals surface area (Å²) < 4.78 is 5.51. The van der Waals surface area contributed by atoms with Crippen LogP contribution in [-0.4, -0.2) is 12.1 Å². The van der Waals surface area contributed by atoms with E-state index in [2.05, 4.69) is 71.9 Å². The van der Waals surface area contributed by atoms with E-state index in [0.717, 1.165) is 25.2 Å². The molecule has 0 spiro atoms. The highest BCUT2D eigenvalue weighted by Gasteiger charge is 2.49. The third-order valence-electron chi connectivity index (χ3n) is 8.93. The average Bonchev–Trinajstić information content (AvgIpc) is 3.09. The van der Waals surface area contributed by atoms with Gasteiger partial charge in [-0.15, -0.1) is 0 Å². The van der Waals surface area contributed by atoms with Crippen LogP contribution in [0.3, 0.4) is 0 Å². The van der Waals surface area contributed by atoms with E-state index in [1.54, 1.807) is 5.57 Å². The van der Waals surface area contributed by atoms with E-state index in [1.807, 2.05) is 0 Å². The van der Waals surface area contributed by atoms with Crippen molar-refractivity contribution in [1.29, 1.82) is 0 Å². The van der Waals surface area contributed by atoms with Crippen molar-refractivity contribution >= 4 is 5.97 Å². The van der Waals surface area contributed by atoms with E-state index < -0.39 is 0 Å². The quantitative estimate of drug-likeness (QED) is 0.296. The van der Waals surface area contributed by atoms with Crippen molar-refractivity contribution in [2.24, 2.45) is 35.0 Å². The summed E-state index contributed by atoms with van der Waals surface area (Å²) in [6, 6.07) is 0.